The van der Waals surface area contributed by atoms with E-state index in [9.17, 15) is 4.57 Å². The Morgan fingerprint density at radius 1 is 0.594 bits per heavy atom. The van der Waals surface area contributed by atoms with Crippen LogP contribution in [0, 0.1) is 6.92 Å². The zero-order chi connectivity index (χ0) is 22.3. The van der Waals surface area contributed by atoms with Crippen molar-refractivity contribution in [3.63, 3.8) is 0 Å². The van der Waals surface area contributed by atoms with Crippen molar-refractivity contribution in [2.75, 3.05) is 6.16 Å². The van der Waals surface area contributed by atoms with E-state index >= 15 is 0 Å². The summed E-state index contributed by atoms with van der Waals surface area (Å²) in [5.74, 6) is 0.859. The second-order valence-corrected chi connectivity index (χ2v) is 12.1. The minimum atomic E-state index is -4.00. The Morgan fingerprint density at radius 2 is 0.938 bits per heavy atom. The molecule has 0 aromatic heterocycles. The van der Waals surface area contributed by atoms with Gasteiger partial charge < -0.3 is 16.0 Å². The Kier molecular flexibility index (Phi) is 6.95. The number of rotatable bonds is 8. The average molecular weight is 460 g/mol. The molecule has 0 saturated carbocycles. The van der Waals surface area contributed by atoms with Crippen LogP contribution in [0.3, 0.4) is 0 Å². The first-order valence-electron chi connectivity index (χ1n) is 10.3. The molecule has 0 unspecified atom stereocenters. The molecular weight excluding hydrogens is 436 g/mol. The van der Waals surface area contributed by atoms with Crippen LogP contribution < -0.4 is 19.7 Å². The lowest BCUT2D eigenvalue weighted by Crippen LogP contribution is -2.18. The van der Waals surface area contributed by atoms with Crippen molar-refractivity contribution in [3.8, 4) is 11.5 Å². The van der Waals surface area contributed by atoms with Gasteiger partial charge in [-0.05, 0) is 34.9 Å². The maximum Gasteiger partial charge on any atom is 0.562 e. The smallest absolute Gasteiger partial charge is 0.399 e. The predicted octanol–water partition coefficient (Wildman–Crippen LogP) is 6.94. The molecule has 0 amide bonds. The van der Waals surface area contributed by atoms with E-state index < -0.39 is 14.8 Å². The highest BCUT2D eigenvalue weighted by atomic mass is 31.2. The quantitative estimate of drug-likeness (QED) is 0.211. The van der Waals surface area contributed by atoms with Gasteiger partial charge in [0.2, 0.25) is 0 Å². The second kappa shape index (κ2) is 10.0. The summed E-state index contributed by atoms with van der Waals surface area (Å²) < 4.78 is 31.2. The second-order valence-electron chi connectivity index (χ2n) is 7.03. The first kappa shape index (κ1) is 22.1. The molecule has 4 rings (SSSR count). The molecule has 4 aromatic carbocycles. The molecule has 4 nitrogen and oxygen atoms in total. The van der Waals surface area contributed by atoms with Crippen molar-refractivity contribution in [1.29, 1.82) is 0 Å². The highest BCUT2D eigenvalue weighted by molar-refractivity contribution is 7.84. The predicted molar refractivity (Wildman–Crippen MR) is 133 cm³/mol. The summed E-state index contributed by atoms with van der Waals surface area (Å²) in [4.78, 5) is 0. The Balaban J connectivity index is 1.94. The molecule has 0 bridgehead atoms. The molecule has 162 valence electrons. The summed E-state index contributed by atoms with van der Waals surface area (Å²) >= 11 is 0. The van der Waals surface area contributed by atoms with Crippen LogP contribution in [-0.2, 0) is 4.57 Å². The van der Waals surface area contributed by atoms with Gasteiger partial charge in [0.1, 0.15) is 11.5 Å². The molecule has 0 aliphatic rings. The largest absolute Gasteiger partial charge is 0.562 e. The standard InChI is InChI=1S/C26H24NO3P2/c1-2-31(25-19-11-5-12-20-25,26-21-13-6-14-22-26)27-32(28,29-23-15-7-3-8-16-23)30-24-17-9-4-10-18-24/h3-22H,1-2H2/q-1. The SMILES string of the molecule is [CH2-]CP(=NP(=O)(Oc1ccccc1)Oc1ccccc1)(c1ccccc1)c1ccccc1. The Labute approximate surface area is 189 Å². The van der Waals surface area contributed by atoms with Crippen molar-refractivity contribution in [1.82, 2.24) is 0 Å². The zero-order valence-electron chi connectivity index (χ0n) is 17.5. The maximum absolute atomic E-state index is 14.3. The van der Waals surface area contributed by atoms with Crippen LogP contribution in [0.15, 0.2) is 126 Å². The summed E-state index contributed by atoms with van der Waals surface area (Å²) in [6.45, 7) is 4.23. The average Bonchev–Trinajstić information content (AvgIpc) is 2.85. The zero-order valence-corrected chi connectivity index (χ0v) is 19.3. The van der Waals surface area contributed by atoms with E-state index in [2.05, 4.69) is 6.92 Å². The molecule has 6 heteroatoms. The molecule has 0 radical (unpaired) electrons. The Hall–Kier alpha value is -3.06. The van der Waals surface area contributed by atoms with E-state index in [-0.39, 0.29) is 0 Å². The molecule has 0 atom stereocenters. The van der Waals surface area contributed by atoms with E-state index in [1.165, 1.54) is 0 Å². The fourth-order valence-electron chi connectivity index (χ4n) is 3.38. The highest BCUT2D eigenvalue weighted by Gasteiger charge is 2.34. The molecule has 0 saturated heterocycles. The van der Waals surface area contributed by atoms with Crippen molar-refractivity contribution in [3.05, 3.63) is 128 Å². The van der Waals surface area contributed by atoms with Crippen LogP contribution in [0.25, 0.3) is 0 Å². The van der Waals surface area contributed by atoms with Gasteiger partial charge in [-0.3, -0.25) is 0 Å². The van der Waals surface area contributed by atoms with Gasteiger partial charge in [-0.15, -0.1) is 6.16 Å². The summed E-state index contributed by atoms with van der Waals surface area (Å²) in [6.07, 6.45) is 0.432. The van der Waals surface area contributed by atoms with Crippen LogP contribution in [-0.4, -0.2) is 6.16 Å². The van der Waals surface area contributed by atoms with Crippen LogP contribution in [0.5, 0.6) is 11.5 Å². The van der Waals surface area contributed by atoms with Gasteiger partial charge in [0, 0.05) is 7.05 Å². The normalized spacial score (nSPS) is 11.5. The van der Waals surface area contributed by atoms with Crippen LogP contribution in [0.2, 0.25) is 0 Å². The number of para-hydroxylation sites is 2. The van der Waals surface area contributed by atoms with Gasteiger partial charge in [0.25, 0.3) is 0 Å². The van der Waals surface area contributed by atoms with E-state index in [1.54, 1.807) is 24.3 Å². The third-order valence-electron chi connectivity index (χ3n) is 4.88. The van der Waals surface area contributed by atoms with Crippen LogP contribution in [0.1, 0.15) is 0 Å². The number of nitrogens with zero attached hydrogens (tertiary/aromatic N) is 1. The fourth-order valence-corrected chi connectivity index (χ4v) is 9.31. The van der Waals surface area contributed by atoms with Gasteiger partial charge in [-0.1, -0.05) is 97.1 Å². The lowest BCUT2D eigenvalue weighted by molar-refractivity contribution is 0.388. The number of benzene rings is 4. The number of hydrogen-bond donors (Lipinski definition) is 0. The fraction of sp³-hybridized carbons (Fsp3) is 0.0385. The molecule has 0 heterocycles. The van der Waals surface area contributed by atoms with Crippen LogP contribution >= 0.6 is 14.8 Å². The van der Waals surface area contributed by atoms with E-state index in [4.69, 9.17) is 13.6 Å². The minimum absolute atomic E-state index is 0.429. The molecular formula is C26H24NO3P2-. The first-order chi connectivity index (χ1) is 15.6. The summed E-state index contributed by atoms with van der Waals surface area (Å²) in [6, 6.07) is 37.7. The van der Waals surface area contributed by atoms with Crippen LogP contribution in [0.4, 0.5) is 0 Å². The van der Waals surface area contributed by atoms with Crippen molar-refractivity contribution < 1.29 is 13.6 Å². The van der Waals surface area contributed by atoms with E-state index in [0.717, 1.165) is 10.6 Å². The van der Waals surface area contributed by atoms with Crippen molar-refractivity contribution >= 4 is 25.4 Å². The molecule has 0 aliphatic carbocycles. The molecule has 0 spiro atoms. The maximum atomic E-state index is 14.3. The lowest BCUT2D eigenvalue weighted by atomic mass is 10.3. The minimum Gasteiger partial charge on any atom is -0.399 e. The first-order valence-corrected chi connectivity index (χ1v) is 13.7. The molecule has 32 heavy (non-hydrogen) atoms. The third kappa shape index (κ3) is 5.05. The summed E-state index contributed by atoms with van der Waals surface area (Å²) in [7, 11) is -6.57. The van der Waals surface area contributed by atoms with Crippen molar-refractivity contribution in [2.45, 2.75) is 0 Å². The Bertz CT molecular complexity index is 1140. The van der Waals surface area contributed by atoms with Gasteiger partial charge >= 0.3 is 7.75 Å². The third-order valence-corrected chi connectivity index (χ3v) is 10.8. The van der Waals surface area contributed by atoms with Gasteiger partial charge in [0.15, 0.2) is 0 Å². The molecule has 0 fully saturated rings. The summed E-state index contributed by atoms with van der Waals surface area (Å²) in [5, 5.41) is 1.93. The highest BCUT2D eigenvalue weighted by Crippen LogP contribution is 2.61. The Morgan fingerprint density at radius 3 is 1.28 bits per heavy atom. The lowest BCUT2D eigenvalue weighted by Gasteiger charge is -2.29. The van der Waals surface area contributed by atoms with Gasteiger partial charge in [-0.25, -0.2) is 4.57 Å². The molecule has 0 aliphatic heterocycles. The van der Waals surface area contributed by atoms with Gasteiger partial charge in [-0.2, -0.15) is 4.52 Å². The van der Waals surface area contributed by atoms with Crippen molar-refractivity contribution in [2.24, 2.45) is 4.52 Å². The number of hydrogen-bond acceptors (Lipinski definition) is 3. The van der Waals surface area contributed by atoms with Gasteiger partial charge in [0.05, 0.1) is 0 Å². The van der Waals surface area contributed by atoms with E-state index in [1.807, 2.05) is 97.1 Å². The topological polar surface area (TPSA) is 47.9 Å². The molecule has 0 N–H and O–H groups in total. The summed E-state index contributed by atoms with van der Waals surface area (Å²) in [5.41, 5.74) is 0. The monoisotopic (exact) mass is 460 g/mol. The van der Waals surface area contributed by atoms with E-state index in [0.29, 0.717) is 17.7 Å². The molecule has 4 aromatic rings.